The average molecular weight is 314 g/mol. The first-order valence-corrected chi connectivity index (χ1v) is 6.14. The normalized spacial score (nSPS) is 10.3. The molecule has 0 atom stereocenters. The second kappa shape index (κ2) is 5.49. The summed E-state index contributed by atoms with van der Waals surface area (Å²) in [4.78, 5) is 4.14. The molecular weight excluding hydrogens is 304 g/mol. The van der Waals surface area contributed by atoms with Gasteiger partial charge in [-0.05, 0) is 24.3 Å². The largest absolute Gasteiger partial charge is 0.437 e. The molecule has 0 aliphatic heterocycles. The van der Waals surface area contributed by atoms with E-state index in [1.165, 1.54) is 0 Å². The van der Waals surface area contributed by atoms with Crippen LogP contribution < -0.4 is 10.5 Å². The quantitative estimate of drug-likeness (QED) is 0.939. The number of pyridine rings is 1. The Morgan fingerprint density at radius 1 is 1.35 bits per heavy atom. The number of hydrogen-bond acceptors (Lipinski definition) is 3. The highest BCUT2D eigenvalue weighted by Gasteiger charge is 2.07. The van der Waals surface area contributed by atoms with Gasteiger partial charge in [0.25, 0.3) is 0 Å². The van der Waals surface area contributed by atoms with Gasteiger partial charge in [-0.15, -0.1) is 0 Å². The van der Waals surface area contributed by atoms with Gasteiger partial charge >= 0.3 is 0 Å². The zero-order valence-electron chi connectivity index (χ0n) is 8.86. The predicted octanol–water partition coefficient (Wildman–Crippen LogP) is 3.75. The van der Waals surface area contributed by atoms with E-state index in [-0.39, 0.29) is 0 Å². The molecule has 2 rings (SSSR count). The summed E-state index contributed by atoms with van der Waals surface area (Å²) >= 11 is 9.40. The van der Waals surface area contributed by atoms with Gasteiger partial charge in [-0.2, -0.15) is 0 Å². The summed E-state index contributed by atoms with van der Waals surface area (Å²) in [5.41, 5.74) is 6.45. The van der Waals surface area contributed by atoms with Crippen LogP contribution in [0.1, 0.15) is 5.56 Å². The Morgan fingerprint density at radius 3 is 2.88 bits per heavy atom. The molecule has 88 valence electrons. The molecule has 0 saturated carbocycles. The highest BCUT2D eigenvalue weighted by Crippen LogP contribution is 2.31. The molecule has 5 heteroatoms. The lowest BCUT2D eigenvalue weighted by atomic mass is 10.3. The number of rotatable bonds is 3. The highest BCUT2D eigenvalue weighted by molar-refractivity contribution is 9.10. The van der Waals surface area contributed by atoms with E-state index in [2.05, 4.69) is 20.9 Å². The van der Waals surface area contributed by atoms with Gasteiger partial charge in [-0.1, -0.05) is 33.6 Å². The molecule has 2 aromatic rings. The second-order valence-electron chi connectivity index (χ2n) is 3.35. The van der Waals surface area contributed by atoms with E-state index < -0.39 is 0 Å². The van der Waals surface area contributed by atoms with Crippen LogP contribution in [0.2, 0.25) is 5.02 Å². The minimum atomic E-state index is 0.372. The minimum absolute atomic E-state index is 0.372. The molecule has 0 saturated heterocycles. The smallest absolute Gasteiger partial charge is 0.223 e. The predicted molar refractivity (Wildman–Crippen MR) is 71.4 cm³/mol. The van der Waals surface area contributed by atoms with Crippen LogP contribution in [0.25, 0.3) is 0 Å². The summed E-state index contributed by atoms with van der Waals surface area (Å²) in [6.45, 7) is 0.372. The molecule has 1 heterocycles. The SMILES string of the molecule is NCc1cccnc1Oc1ccc(Br)cc1Cl. The molecule has 17 heavy (non-hydrogen) atoms. The summed E-state index contributed by atoms with van der Waals surface area (Å²) in [7, 11) is 0. The van der Waals surface area contributed by atoms with Crippen LogP contribution in [0.15, 0.2) is 41.0 Å². The first-order valence-electron chi connectivity index (χ1n) is 4.97. The van der Waals surface area contributed by atoms with Gasteiger partial charge in [-0.3, -0.25) is 0 Å². The molecular formula is C12H10BrClN2O. The number of nitrogens with zero attached hydrogens (tertiary/aromatic N) is 1. The molecule has 0 spiro atoms. The van der Waals surface area contributed by atoms with E-state index in [1.807, 2.05) is 18.2 Å². The monoisotopic (exact) mass is 312 g/mol. The van der Waals surface area contributed by atoms with Gasteiger partial charge in [0.15, 0.2) is 0 Å². The summed E-state index contributed by atoms with van der Waals surface area (Å²) < 4.78 is 6.54. The van der Waals surface area contributed by atoms with Crippen molar-refractivity contribution in [3.05, 3.63) is 51.6 Å². The summed E-state index contributed by atoms with van der Waals surface area (Å²) in [6, 6.07) is 9.09. The molecule has 0 amide bonds. The van der Waals surface area contributed by atoms with Gasteiger partial charge in [0.1, 0.15) is 5.75 Å². The molecule has 0 radical (unpaired) electrons. The maximum atomic E-state index is 6.06. The van der Waals surface area contributed by atoms with Gasteiger partial charge in [0.05, 0.1) is 5.02 Å². The summed E-state index contributed by atoms with van der Waals surface area (Å²) in [6.07, 6.45) is 1.65. The molecule has 2 N–H and O–H groups in total. The van der Waals surface area contributed by atoms with Crippen molar-refractivity contribution in [2.24, 2.45) is 5.73 Å². The van der Waals surface area contributed by atoms with Crippen molar-refractivity contribution in [3.63, 3.8) is 0 Å². The summed E-state index contributed by atoms with van der Waals surface area (Å²) in [5.74, 6) is 1.04. The first-order chi connectivity index (χ1) is 8.20. The third-order valence-electron chi connectivity index (χ3n) is 2.17. The van der Waals surface area contributed by atoms with Gasteiger partial charge in [-0.25, -0.2) is 4.98 Å². The van der Waals surface area contributed by atoms with Crippen LogP contribution in [0.4, 0.5) is 0 Å². The van der Waals surface area contributed by atoms with Crippen molar-refractivity contribution in [2.75, 3.05) is 0 Å². The first kappa shape index (κ1) is 12.4. The van der Waals surface area contributed by atoms with Gasteiger partial charge in [0, 0.05) is 22.8 Å². The Bertz CT molecular complexity index is 534. The van der Waals surface area contributed by atoms with Crippen LogP contribution in [0, 0.1) is 0 Å². The Hall–Kier alpha value is -1.10. The lowest BCUT2D eigenvalue weighted by Crippen LogP contribution is -2.00. The zero-order chi connectivity index (χ0) is 12.3. The van der Waals surface area contributed by atoms with Gasteiger partial charge < -0.3 is 10.5 Å². The van der Waals surface area contributed by atoms with Crippen LogP contribution >= 0.6 is 27.5 Å². The lowest BCUT2D eigenvalue weighted by Gasteiger charge is -2.09. The zero-order valence-corrected chi connectivity index (χ0v) is 11.2. The van der Waals surface area contributed by atoms with Crippen LogP contribution in [-0.2, 0) is 6.54 Å². The molecule has 0 aliphatic rings. The number of nitrogens with two attached hydrogens (primary N) is 1. The Kier molecular flexibility index (Phi) is 3.99. The number of hydrogen-bond donors (Lipinski definition) is 1. The fourth-order valence-electron chi connectivity index (χ4n) is 1.33. The number of ether oxygens (including phenoxy) is 1. The molecule has 0 unspecified atom stereocenters. The van der Waals surface area contributed by atoms with E-state index in [4.69, 9.17) is 22.1 Å². The number of halogens is 2. The van der Waals surface area contributed by atoms with E-state index in [1.54, 1.807) is 18.3 Å². The third-order valence-corrected chi connectivity index (χ3v) is 2.96. The van der Waals surface area contributed by atoms with Crippen molar-refractivity contribution in [1.29, 1.82) is 0 Å². The maximum Gasteiger partial charge on any atom is 0.223 e. The van der Waals surface area contributed by atoms with E-state index >= 15 is 0 Å². The molecule has 1 aromatic carbocycles. The minimum Gasteiger partial charge on any atom is -0.437 e. The van der Waals surface area contributed by atoms with E-state index in [0.717, 1.165) is 10.0 Å². The number of benzene rings is 1. The van der Waals surface area contributed by atoms with Crippen molar-refractivity contribution >= 4 is 27.5 Å². The number of aromatic nitrogens is 1. The highest BCUT2D eigenvalue weighted by atomic mass is 79.9. The van der Waals surface area contributed by atoms with Crippen molar-refractivity contribution in [2.45, 2.75) is 6.54 Å². The van der Waals surface area contributed by atoms with Crippen molar-refractivity contribution in [3.8, 4) is 11.6 Å². The van der Waals surface area contributed by atoms with Crippen LogP contribution in [0.3, 0.4) is 0 Å². The Balaban J connectivity index is 2.31. The second-order valence-corrected chi connectivity index (χ2v) is 4.67. The summed E-state index contributed by atoms with van der Waals surface area (Å²) in [5, 5.41) is 0.521. The third kappa shape index (κ3) is 2.97. The van der Waals surface area contributed by atoms with Crippen molar-refractivity contribution in [1.82, 2.24) is 4.98 Å². The van der Waals surface area contributed by atoms with Crippen LogP contribution in [-0.4, -0.2) is 4.98 Å². The van der Waals surface area contributed by atoms with E-state index in [0.29, 0.717) is 23.2 Å². The molecule has 0 bridgehead atoms. The van der Waals surface area contributed by atoms with Gasteiger partial charge in [0.2, 0.25) is 5.88 Å². The Labute approximate surface area is 113 Å². The molecule has 1 aromatic heterocycles. The lowest BCUT2D eigenvalue weighted by molar-refractivity contribution is 0.456. The topological polar surface area (TPSA) is 48.1 Å². The standard InChI is InChI=1S/C12H10BrClN2O/c13-9-3-4-11(10(14)6-9)17-12-8(7-15)2-1-5-16-12/h1-6H,7,15H2. The fourth-order valence-corrected chi connectivity index (χ4v) is 2.05. The average Bonchev–Trinajstić information content (AvgIpc) is 2.33. The van der Waals surface area contributed by atoms with Crippen LogP contribution in [0.5, 0.6) is 11.6 Å². The molecule has 0 aliphatic carbocycles. The molecule has 0 fully saturated rings. The van der Waals surface area contributed by atoms with E-state index in [9.17, 15) is 0 Å². The fraction of sp³-hybridized carbons (Fsp3) is 0.0833. The van der Waals surface area contributed by atoms with Crippen molar-refractivity contribution < 1.29 is 4.74 Å². The Morgan fingerprint density at radius 2 is 2.18 bits per heavy atom. The maximum absolute atomic E-state index is 6.06. The molecule has 3 nitrogen and oxygen atoms in total.